The maximum absolute atomic E-state index is 11.4. The Hall–Kier alpha value is -1.58. The molecule has 3 saturated heterocycles. The summed E-state index contributed by atoms with van der Waals surface area (Å²) in [6, 6.07) is 5.84. The van der Waals surface area contributed by atoms with Crippen molar-refractivity contribution in [1.82, 2.24) is 5.32 Å². The van der Waals surface area contributed by atoms with Crippen LogP contribution in [0.3, 0.4) is 0 Å². The van der Waals surface area contributed by atoms with Gasteiger partial charge in [0.25, 0.3) is 0 Å². The Morgan fingerprint density at radius 2 is 1.20 bits per heavy atom. The molecule has 4 aliphatic rings. The average molecular weight is 777 g/mol. The van der Waals surface area contributed by atoms with Crippen LogP contribution in [0.1, 0.15) is 18.4 Å². The third kappa shape index (κ3) is 10.1. The van der Waals surface area contributed by atoms with Gasteiger partial charge in [0.15, 0.2) is 18.9 Å². The summed E-state index contributed by atoms with van der Waals surface area (Å²) in [6.45, 7) is -0.176. The van der Waals surface area contributed by atoms with E-state index in [1.807, 2.05) is 18.2 Å². The van der Waals surface area contributed by atoms with E-state index in [9.17, 15) is 35.7 Å². The van der Waals surface area contributed by atoms with Crippen molar-refractivity contribution < 1.29 is 68.9 Å². The summed E-state index contributed by atoms with van der Waals surface area (Å²) in [6.07, 6.45) is -17.5. The molecule has 0 amide bonds. The van der Waals surface area contributed by atoms with Gasteiger partial charge >= 0.3 is 0 Å². The van der Waals surface area contributed by atoms with Crippen molar-refractivity contribution >= 4 is 0 Å². The van der Waals surface area contributed by atoms with Crippen molar-refractivity contribution in [3.63, 3.8) is 0 Å². The van der Waals surface area contributed by atoms with Crippen LogP contribution in [-0.4, -0.2) is 191 Å². The molecule has 1 aromatic carbocycles. The highest BCUT2D eigenvalue weighted by Crippen LogP contribution is 2.35. The molecule has 0 unspecified atom stereocenters. The van der Waals surface area contributed by atoms with Crippen molar-refractivity contribution in [3.8, 4) is 0 Å². The minimum absolute atomic E-state index is 0.0854. The number of ether oxygens (including phenoxy) is 7. The fourth-order valence-corrected chi connectivity index (χ4v) is 7.31. The van der Waals surface area contributed by atoms with E-state index in [-0.39, 0.29) is 19.6 Å². The number of aliphatic hydroxyl groups excluding tert-OH is 7. The lowest BCUT2D eigenvalue weighted by atomic mass is 9.84. The van der Waals surface area contributed by atoms with E-state index in [2.05, 4.69) is 17.4 Å². The highest BCUT2D eigenvalue weighted by molar-refractivity contribution is 5.14. The van der Waals surface area contributed by atoms with Gasteiger partial charge in [-0.2, -0.15) is 0 Å². The standard InChI is InChI=1S/C34H60N6O14/c35-12-18-24(44)26(46)21(38)32(49-18)53-29-20(14-42)51-34(31(29)48-10-9-40-8-4-7-15-5-2-1-3-6-15)54-30-23(43)16(36)11-17(37)28(30)52-33-22(39)27(47)25(45)19(13-41)50-33/h1-3,5-6,16-34,40-47H,4,7-14,35-39H2/t16-,17+,18+,19-,20-,21-,22-,23+,24-,25-,26-,27-,28-,29-,30-,31-,32-,33-,34+/m1/s1. The molecule has 19 atom stereocenters. The van der Waals surface area contributed by atoms with Gasteiger partial charge in [-0.1, -0.05) is 30.3 Å². The van der Waals surface area contributed by atoms with Crippen molar-refractivity contribution in [1.29, 1.82) is 0 Å². The van der Waals surface area contributed by atoms with Gasteiger partial charge in [-0.25, -0.2) is 0 Å². The van der Waals surface area contributed by atoms with Gasteiger partial charge < -0.3 is 103 Å². The van der Waals surface area contributed by atoms with Crippen LogP contribution < -0.4 is 34.0 Å². The quantitative estimate of drug-likeness (QED) is 0.0654. The first-order chi connectivity index (χ1) is 25.9. The van der Waals surface area contributed by atoms with E-state index >= 15 is 0 Å². The number of aryl methyl sites for hydroxylation is 1. The normalized spacial score (nSPS) is 44.4. The zero-order chi connectivity index (χ0) is 39.1. The molecule has 20 heteroatoms. The third-order valence-electron chi connectivity index (χ3n) is 10.5. The molecule has 1 aliphatic carbocycles. The van der Waals surface area contributed by atoms with Crippen LogP contribution in [0.15, 0.2) is 30.3 Å². The second-order valence-corrected chi connectivity index (χ2v) is 14.4. The zero-order valence-electron chi connectivity index (χ0n) is 30.1. The molecule has 0 spiro atoms. The first kappa shape index (κ1) is 43.5. The van der Waals surface area contributed by atoms with E-state index in [4.69, 9.17) is 61.8 Å². The van der Waals surface area contributed by atoms with Crippen molar-refractivity contribution in [2.75, 3.05) is 39.5 Å². The van der Waals surface area contributed by atoms with Crippen molar-refractivity contribution in [2.45, 2.75) is 136 Å². The van der Waals surface area contributed by atoms with E-state index in [1.54, 1.807) is 0 Å². The fourth-order valence-electron chi connectivity index (χ4n) is 7.31. The minimum Gasteiger partial charge on any atom is -0.394 e. The highest BCUT2D eigenvalue weighted by Gasteiger charge is 2.55. The van der Waals surface area contributed by atoms with Gasteiger partial charge in [0.2, 0.25) is 0 Å². The van der Waals surface area contributed by atoms with Gasteiger partial charge in [0, 0.05) is 25.2 Å². The molecular formula is C34H60N6O14. The summed E-state index contributed by atoms with van der Waals surface area (Å²) < 4.78 is 42.6. The Balaban J connectivity index is 1.33. The van der Waals surface area contributed by atoms with Gasteiger partial charge in [0.05, 0.1) is 38.0 Å². The smallest absolute Gasteiger partial charge is 0.187 e. The van der Waals surface area contributed by atoms with Gasteiger partial charge in [-0.05, 0) is 31.4 Å². The fraction of sp³-hybridized carbons (Fsp3) is 0.824. The Morgan fingerprint density at radius 1 is 0.630 bits per heavy atom. The Labute approximate surface area is 313 Å². The monoisotopic (exact) mass is 776 g/mol. The lowest BCUT2D eigenvalue weighted by Crippen LogP contribution is -2.68. The van der Waals surface area contributed by atoms with E-state index in [1.165, 1.54) is 5.56 Å². The minimum atomic E-state index is -1.52. The summed E-state index contributed by atoms with van der Waals surface area (Å²) in [5.74, 6) is 0. The highest BCUT2D eigenvalue weighted by atomic mass is 16.8. The SMILES string of the molecule is NC[C@@H]1O[C@H](O[C@H]2[C@@H](OCCNCCCc3ccccc3)[C@H](O[C@@H]3[C@@H](O)[C@H](N)C[C@H](N)[C@H]3O[C@H]3O[C@H](CO)[C@@H](O)[C@H](O)[C@H]3N)O[C@@H]2CO)[C@H](N)[C@@H](O)[C@@H]1O. The molecule has 1 aromatic rings. The molecule has 310 valence electrons. The summed E-state index contributed by atoms with van der Waals surface area (Å²) in [5.41, 5.74) is 32.1. The van der Waals surface area contributed by atoms with Crippen LogP contribution in [0.5, 0.6) is 0 Å². The second-order valence-electron chi connectivity index (χ2n) is 14.4. The van der Waals surface area contributed by atoms with E-state index in [0.717, 1.165) is 12.8 Å². The Kier molecular flexibility index (Phi) is 16.3. The number of nitrogens with one attached hydrogen (secondary N) is 1. The van der Waals surface area contributed by atoms with Crippen molar-refractivity contribution in [3.05, 3.63) is 35.9 Å². The van der Waals surface area contributed by atoms with Gasteiger partial charge in [-0.3, -0.25) is 0 Å². The van der Waals surface area contributed by atoms with Gasteiger partial charge in [-0.15, -0.1) is 0 Å². The van der Waals surface area contributed by atoms with Crippen LogP contribution in [0.25, 0.3) is 0 Å². The molecule has 0 radical (unpaired) electrons. The molecule has 3 heterocycles. The largest absolute Gasteiger partial charge is 0.394 e. The average Bonchev–Trinajstić information content (AvgIpc) is 3.50. The summed E-state index contributed by atoms with van der Waals surface area (Å²) >= 11 is 0. The number of aliphatic hydroxyl groups is 7. The second kappa shape index (κ2) is 20.2. The summed E-state index contributed by atoms with van der Waals surface area (Å²) in [4.78, 5) is 0. The molecule has 1 saturated carbocycles. The van der Waals surface area contributed by atoms with E-state index < -0.39 is 129 Å². The molecule has 20 nitrogen and oxygen atoms in total. The maximum atomic E-state index is 11.4. The number of hydrogen-bond acceptors (Lipinski definition) is 20. The van der Waals surface area contributed by atoms with Crippen molar-refractivity contribution in [2.24, 2.45) is 28.7 Å². The Bertz CT molecular complexity index is 1250. The molecule has 4 fully saturated rings. The van der Waals surface area contributed by atoms with E-state index in [0.29, 0.717) is 13.1 Å². The number of benzene rings is 1. The predicted molar refractivity (Wildman–Crippen MR) is 188 cm³/mol. The number of hydrogen-bond donors (Lipinski definition) is 13. The summed E-state index contributed by atoms with van der Waals surface area (Å²) in [5, 5.41) is 76.7. The third-order valence-corrected chi connectivity index (χ3v) is 10.5. The lowest BCUT2D eigenvalue weighted by molar-refractivity contribution is -0.311. The molecule has 5 rings (SSSR count). The number of nitrogens with two attached hydrogens (primary N) is 5. The number of rotatable bonds is 17. The van der Waals surface area contributed by atoms with Crippen LogP contribution >= 0.6 is 0 Å². The van der Waals surface area contributed by atoms with Crippen LogP contribution in [0, 0.1) is 0 Å². The lowest BCUT2D eigenvalue weighted by Gasteiger charge is -2.47. The molecule has 3 aliphatic heterocycles. The first-order valence-electron chi connectivity index (χ1n) is 18.5. The molecule has 18 N–H and O–H groups in total. The van der Waals surface area contributed by atoms with Crippen LogP contribution in [-0.2, 0) is 39.6 Å². The summed E-state index contributed by atoms with van der Waals surface area (Å²) in [7, 11) is 0. The zero-order valence-corrected chi connectivity index (χ0v) is 30.1. The topological polar surface area (TPSA) is 348 Å². The molecule has 54 heavy (non-hydrogen) atoms. The molecule has 0 bridgehead atoms. The molecular weight excluding hydrogens is 716 g/mol. The van der Waals surface area contributed by atoms with Crippen LogP contribution in [0.4, 0.5) is 0 Å². The predicted octanol–water partition coefficient (Wildman–Crippen LogP) is -6.62. The van der Waals surface area contributed by atoms with Gasteiger partial charge in [0.1, 0.15) is 67.1 Å². The Morgan fingerprint density at radius 3 is 1.83 bits per heavy atom. The maximum Gasteiger partial charge on any atom is 0.187 e. The van der Waals surface area contributed by atoms with Crippen LogP contribution in [0.2, 0.25) is 0 Å². The first-order valence-corrected chi connectivity index (χ1v) is 18.5. The molecule has 0 aromatic heterocycles.